The van der Waals surface area contributed by atoms with E-state index in [4.69, 9.17) is 0 Å². The number of amides is 2. The van der Waals surface area contributed by atoms with Gasteiger partial charge in [-0.05, 0) is 30.5 Å². The van der Waals surface area contributed by atoms with Gasteiger partial charge in [0, 0.05) is 25.6 Å². The number of nitrogens with zero attached hydrogens (tertiary/aromatic N) is 2. The van der Waals surface area contributed by atoms with Gasteiger partial charge in [0.05, 0.1) is 12.6 Å². The van der Waals surface area contributed by atoms with Crippen molar-refractivity contribution in [1.82, 2.24) is 9.80 Å². The van der Waals surface area contributed by atoms with E-state index in [1.54, 1.807) is 12.1 Å². The molecule has 0 aromatic heterocycles. The van der Waals surface area contributed by atoms with Crippen molar-refractivity contribution in [3.05, 3.63) is 35.6 Å². The van der Waals surface area contributed by atoms with Crippen LogP contribution < -0.4 is 0 Å². The molecule has 130 valence electrons. The standard InChI is InChI=1S/C18H23FN2O3/c19-15-7-3-4-13(8-15)9-20-10-16(22)11-21(12-17(20)23)18(24)14-5-1-2-6-14/h3-4,7-8,14,16,22H,1-2,5-6,9-12H2. The van der Waals surface area contributed by atoms with Crippen molar-refractivity contribution < 1.29 is 19.1 Å². The summed E-state index contributed by atoms with van der Waals surface area (Å²) in [7, 11) is 0. The van der Waals surface area contributed by atoms with Crippen LogP contribution in [0.1, 0.15) is 31.2 Å². The highest BCUT2D eigenvalue weighted by molar-refractivity contribution is 5.86. The summed E-state index contributed by atoms with van der Waals surface area (Å²) in [6.07, 6.45) is 3.05. The molecule has 2 fully saturated rings. The quantitative estimate of drug-likeness (QED) is 0.912. The highest BCUT2D eigenvalue weighted by Crippen LogP contribution is 2.27. The first-order valence-electron chi connectivity index (χ1n) is 8.52. The zero-order valence-corrected chi connectivity index (χ0v) is 13.7. The zero-order chi connectivity index (χ0) is 17.1. The second kappa shape index (κ2) is 7.30. The maximum Gasteiger partial charge on any atom is 0.242 e. The number of hydrogen-bond donors (Lipinski definition) is 1. The number of β-amino-alcohol motifs (C(OH)–C–C–N with tert-alkyl or cyclic N) is 1. The number of hydrogen-bond acceptors (Lipinski definition) is 3. The van der Waals surface area contributed by atoms with Gasteiger partial charge in [-0.25, -0.2) is 4.39 Å². The summed E-state index contributed by atoms with van der Waals surface area (Å²) in [5.41, 5.74) is 0.672. The van der Waals surface area contributed by atoms with Gasteiger partial charge in [-0.2, -0.15) is 0 Å². The minimum Gasteiger partial charge on any atom is -0.389 e. The molecule has 1 saturated heterocycles. The van der Waals surface area contributed by atoms with Gasteiger partial charge < -0.3 is 14.9 Å². The van der Waals surface area contributed by atoms with Crippen molar-refractivity contribution in [2.45, 2.75) is 38.3 Å². The summed E-state index contributed by atoms with van der Waals surface area (Å²) < 4.78 is 13.3. The van der Waals surface area contributed by atoms with E-state index in [1.165, 1.54) is 21.9 Å². The lowest BCUT2D eigenvalue weighted by atomic mass is 10.1. The predicted molar refractivity (Wildman–Crippen MR) is 86.4 cm³/mol. The summed E-state index contributed by atoms with van der Waals surface area (Å²) in [4.78, 5) is 28.1. The topological polar surface area (TPSA) is 60.9 Å². The average Bonchev–Trinajstić information content (AvgIpc) is 3.02. The van der Waals surface area contributed by atoms with Gasteiger partial charge in [0.1, 0.15) is 5.82 Å². The average molecular weight is 334 g/mol. The molecule has 6 heteroatoms. The molecule has 5 nitrogen and oxygen atoms in total. The van der Waals surface area contributed by atoms with E-state index in [9.17, 15) is 19.1 Å². The predicted octanol–water partition coefficient (Wildman–Crippen LogP) is 1.55. The molecule has 24 heavy (non-hydrogen) atoms. The molecule has 1 aliphatic heterocycles. The van der Waals surface area contributed by atoms with Crippen molar-refractivity contribution >= 4 is 11.8 Å². The largest absolute Gasteiger partial charge is 0.389 e. The van der Waals surface area contributed by atoms with E-state index >= 15 is 0 Å². The summed E-state index contributed by atoms with van der Waals surface area (Å²) in [6, 6.07) is 6.07. The molecule has 2 amide bonds. The monoisotopic (exact) mass is 334 g/mol. The highest BCUT2D eigenvalue weighted by atomic mass is 19.1. The molecule has 1 aliphatic carbocycles. The first kappa shape index (κ1) is 16.9. The van der Waals surface area contributed by atoms with E-state index in [1.807, 2.05) is 0 Å². The second-order valence-electron chi connectivity index (χ2n) is 6.76. The van der Waals surface area contributed by atoms with Crippen LogP contribution in [0.25, 0.3) is 0 Å². The van der Waals surface area contributed by atoms with Crippen LogP contribution in [0.4, 0.5) is 4.39 Å². The summed E-state index contributed by atoms with van der Waals surface area (Å²) in [5, 5.41) is 10.2. The van der Waals surface area contributed by atoms with Gasteiger partial charge in [-0.3, -0.25) is 9.59 Å². The Hall–Kier alpha value is -1.95. The van der Waals surface area contributed by atoms with Gasteiger partial charge in [-0.15, -0.1) is 0 Å². The Morgan fingerprint density at radius 3 is 2.71 bits per heavy atom. The highest BCUT2D eigenvalue weighted by Gasteiger charge is 2.33. The van der Waals surface area contributed by atoms with Crippen LogP contribution in [0.5, 0.6) is 0 Å². The number of benzene rings is 1. The first-order chi connectivity index (χ1) is 11.5. The molecule has 1 aromatic carbocycles. The summed E-state index contributed by atoms with van der Waals surface area (Å²) in [6.45, 7) is 0.561. The number of halogens is 1. The van der Waals surface area contributed by atoms with Crippen molar-refractivity contribution in [3.63, 3.8) is 0 Å². The number of rotatable bonds is 3. The third-order valence-electron chi connectivity index (χ3n) is 4.82. The maximum atomic E-state index is 13.3. The third kappa shape index (κ3) is 3.93. The molecule has 1 N–H and O–H groups in total. The van der Waals surface area contributed by atoms with E-state index < -0.39 is 6.10 Å². The molecule has 1 atom stereocenters. The number of carbonyl (C=O) groups is 2. The normalized spacial score (nSPS) is 22.8. The second-order valence-corrected chi connectivity index (χ2v) is 6.76. The van der Waals surface area contributed by atoms with Gasteiger partial charge in [0.15, 0.2) is 0 Å². The summed E-state index contributed by atoms with van der Waals surface area (Å²) >= 11 is 0. The lowest BCUT2D eigenvalue weighted by molar-refractivity contribution is -0.141. The van der Waals surface area contributed by atoms with E-state index in [2.05, 4.69) is 0 Å². The van der Waals surface area contributed by atoms with Crippen molar-refractivity contribution in [3.8, 4) is 0 Å². The Labute approximate surface area is 141 Å². The van der Waals surface area contributed by atoms with Gasteiger partial charge >= 0.3 is 0 Å². The van der Waals surface area contributed by atoms with Crippen molar-refractivity contribution in [2.24, 2.45) is 5.92 Å². The molecule has 2 aliphatic rings. The van der Waals surface area contributed by atoms with Crippen molar-refractivity contribution in [1.29, 1.82) is 0 Å². The Kier molecular flexibility index (Phi) is 5.14. The fourth-order valence-electron chi connectivity index (χ4n) is 3.60. The minimum atomic E-state index is -0.782. The van der Waals surface area contributed by atoms with Crippen LogP contribution >= 0.6 is 0 Å². The number of aliphatic hydroxyl groups is 1. The molecule has 0 bridgehead atoms. The van der Waals surface area contributed by atoms with E-state index in [0.29, 0.717) is 5.56 Å². The Bertz CT molecular complexity index is 616. The molecule has 1 aromatic rings. The van der Waals surface area contributed by atoms with Crippen LogP contribution in [0.3, 0.4) is 0 Å². The SMILES string of the molecule is O=C1CN(C(=O)C2CCCC2)CC(O)CN1Cc1cccc(F)c1. The van der Waals surface area contributed by atoms with E-state index in [-0.39, 0.29) is 49.7 Å². The molecule has 3 rings (SSSR count). The fraction of sp³-hybridized carbons (Fsp3) is 0.556. The molecule has 1 heterocycles. The molecule has 1 unspecified atom stereocenters. The van der Waals surface area contributed by atoms with Crippen LogP contribution in [0.15, 0.2) is 24.3 Å². The lowest BCUT2D eigenvalue weighted by Gasteiger charge is -2.24. The van der Waals surface area contributed by atoms with Gasteiger partial charge in [0.2, 0.25) is 11.8 Å². The Balaban J connectivity index is 1.68. The van der Waals surface area contributed by atoms with E-state index in [0.717, 1.165) is 25.7 Å². The Morgan fingerprint density at radius 1 is 1.25 bits per heavy atom. The number of aliphatic hydroxyl groups excluding tert-OH is 1. The first-order valence-corrected chi connectivity index (χ1v) is 8.52. The molecule has 1 saturated carbocycles. The van der Waals surface area contributed by atoms with Gasteiger partial charge in [-0.1, -0.05) is 25.0 Å². The molecular weight excluding hydrogens is 311 g/mol. The smallest absolute Gasteiger partial charge is 0.242 e. The molecular formula is C18H23FN2O3. The van der Waals surface area contributed by atoms with Crippen LogP contribution in [-0.2, 0) is 16.1 Å². The van der Waals surface area contributed by atoms with Gasteiger partial charge in [0.25, 0.3) is 0 Å². The maximum absolute atomic E-state index is 13.3. The fourth-order valence-corrected chi connectivity index (χ4v) is 3.60. The molecule has 0 radical (unpaired) electrons. The number of carbonyl (C=O) groups excluding carboxylic acids is 2. The third-order valence-corrected chi connectivity index (χ3v) is 4.82. The Morgan fingerprint density at radius 2 is 2.00 bits per heavy atom. The molecule has 0 spiro atoms. The summed E-state index contributed by atoms with van der Waals surface area (Å²) in [5.74, 6) is -0.595. The zero-order valence-electron chi connectivity index (χ0n) is 13.7. The lowest BCUT2D eigenvalue weighted by Crippen LogP contribution is -2.42. The van der Waals surface area contributed by atoms with Crippen molar-refractivity contribution in [2.75, 3.05) is 19.6 Å². The minimum absolute atomic E-state index is 0.0122. The van der Waals surface area contributed by atoms with Crippen LogP contribution in [0.2, 0.25) is 0 Å². The van der Waals surface area contributed by atoms with Crippen LogP contribution in [-0.4, -0.2) is 52.5 Å². The van der Waals surface area contributed by atoms with Crippen LogP contribution in [0, 0.1) is 11.7 Å².